The minimum atomic E-state index is 0.200. The van der Waals surface area contributed by atoms with Crippen molar-refractivity contribution < 1.29 is 4.79 Å². The molecule has 2 saturated heterocycles. The number of likely N-dealkylation sites (tertiary alicyclic amines) is 1. The first-order valence-electron chi connectivity index (χ1n) is 9.08. The first-order valence-corrected chi connectivity index (χ1v) is 9.08. The third-order valence-electron chi connectivity index (χ3n) is 5.48. The van der Waals surface area contributed by atoms with Crippen molar-refractivity contribution in [2.75, 3.05) is 31.1 Å². The van der Waals surface area contributed by atoms with Gasteiger partial charge in [-0.05, 0) is 43.5 Å². The van der Waals surface area contributed by atoms with E-state index in [2.05, 4.69) is 20.9 Å². The Balaban J connectivity index is 1.41. The van der Waals surface area contributed by atoms with Crippen molar-refractivity contribution in [3.63, 3.8) is 0 Å². The lowest BCUT2D eigenvalue weighted by Crippen LogP contribution is -2.45. The van der Waals surface area contributed by atoms with Gasteiger partial charge in [0.15, 0.2) is 0 Å². The maximum atomic E-state index is 12.7. The summed E-state index contributed by atoms with van der Waals surface area (Å²) < 4.78 is 0. The summed E-state index contributed by atoms with van der Waals surface area (Å²) in [4.78, 5) is 25.9. The molecule has 0 radical (unpaired) electrons. The van der Waals surface area contributed by atoms with Crippen LogP contribution >= 0.6 is 0 Å². The summed E-state index contributed by atoms with van der Waals surface area (Å²) in [5.74, 6) is 1.25. The van der Waals surface area contributed by atoms with Crippen molar-refractivity contribution in [3.05, 3.63) is 54.5 Å². The van der Waals surface area contributed by atoms with Crippen LogP contribution in [0.25, 0.3) is 0 Å². The Morgan fingerprint density at radius 1 is 1.00 bits per heavy atom. The molecular weight excluding hydrogens is 312 g/mol. The Morgan fingerprint density at radius 3 is 2.60 bits per heavy atom. The number of carbonyl (C=O) groups is 1. The fourth-order valence-corrected chi connectivity index (χ4v) is 4.19. The van der Waals surface area contributed by atoms with Crippen LogP contribution in [0.5, 0.6) is 0 Å². The summed E-state index contributed by atoms with van der Waals surface area (Å²) in [6.07, 6.45) is 7.46. The summed E-state index contributed by atoms with van der Waals surface area (Å²) in [6.45, 7) is 3.78. The molecule has 25 heavy (non-hydrogen) atoms. The number of amides is 1. The number of pyridine rings is 2. The molecule has 1 amide bonds. The number of hydrogen-bond acceptors (Lipinski definition) is 4. The fraction of sp³-hybridized carbons (Fsp3) is 0.450. The van der Waals surface area contributed by atoms with E-state index in [-0.39, 0.29) is 11.3 Å². The number of nitrogens with zero attached hydrogens (tertiary/aromatic N) is 4. The van der Waals surface area contributed by atoms with Crippen LogP contribution in [0, 0.1) is 5.41 Å². The van der Waals surface area contributed by atoms with E-state index >= 15 is 0 Å². The highest BCUT2D eigenvalue weighted by molar-refractivity contribution is 5.78. The predicted molar refractivity (Wildman–Crippen MR) is 97.3 cm³/mol. The normalized spacial score (nSPS) is 23.2. The minimum Gasteiger partial charge on any atom is -0.356 e. The summed E-state index contributed by atoms with van der Waals surface area (Å²) in [6, 6.07) is 11.8. The quantitative estimate of drug-likeness (QED) is 0.864. The van der Waals surface area contributed by atoms with Crippen LogP contribution in [-0.2, 0) is 11.2 Å². The summed E-state index contributed by atoms with van der Waals surface area (Å²) >= 11 is 0. The summed E-state index contributed by atoms with van der Waals surface area (Å²) in [7, 11) is 0. The molecule has 2 aromatic rings. The lowest BCUT2D eigenvalue weighted by molar-refractivity contribution is -0.129. The van der Waals surface area contributed by atoms with Crippen LogP contribution in [0.15, 0.2) is 48.8 Å². The lowest BCUT2D eigenvalue weighted by Gasteiger charge is -2.41. The zero-order chi connectivity index (χ0) is 17.1. The first kappa shape index (κ1) is 16.1. The highest BCUT2D eigenvalue weighted by Crippen LogP contribution is 2.40. The highest BCUT2D eigenvalue weighted by atomic mass is 16.2. The van der Waals surface area contributed by atoms with Crippen LogP contribution in [0.3, 0.4) is 0 Å². The topological polar surface area (TPSA) is 49.3 Å². The van der Waals surface area contributed by atoms with Crippen molar-refractivity contribution in [2.24, 2.45) is 5.41 Å². The minimum absolute atomic E-state index is 0.200. The van der Waals surface area contributed by atoms with Gasteiger partial charge >= 0.3 is 0 Å². The molecule has 0 N–H and O–H groups in total. The van der Waals surface area contributed by atoms with Gasteiger partial charge in [-0.2, -0.15) is 0 Å². The second-order valence-corrected chi connectivity index (χ2v) is 7.28. The third kappa shape index (κ3) is 3.50. The molecule has 0 aliphatic carbocycles. The maximum Gasteiger partial charge on any atom is 0.228 e. The second-order valence-electron chi connectivity index (χ2n) is 7.28. The molecule has 0 aromatic carbocycles. The molecule has 4 heterocycles. The molecule has 4 rings (SSSR count). The molecule has 2 aliphatic heterocycles. The number of carbonyl (C=O) groups excluding carboxylic acids is 1. The average Bonchev–Trinajstić information content (AvgIpc) is 3.07. The molecule has 2 aliphatic rings. The van der Waals surface area contributed by atoms with E-state index < -0.39 is 0 Å². The van der Waals surface area contributed by atoms with Crippen molar-refractivity contribution in [2.45, 2.75) is 25.7 Å². The van der Waals surface area contributed by atoms with Gasteiger partial charge in [0, 0.05) is 49.7 Å². The number of piperidine rings is 1. The summed E-state index contributed by atoms with van der Waals surface area (Å²) in [5.41, 5.74) is 1.07. The average molecular weight is 336 g/mol. The number of anilines is 1. The zero-order valence-corrected chi connectivity index (χ0v) is 14.5. The molecule has 1 atom stereocenters. The van der Waals surface area contributed by atoms with Gasteiger partial charge in [-0.25, -0.2) is 4.98 Å². The van der Waals surface area contributed by atoms with Gasteiger partial charge in [0.1, 0.15) is 5.82 Å². The van der Waals surface area contributed by atoms with Gasteiger partial charge in [0.2, 0.25) is 5.91 Å². The van der Waals surface area contributed by atoms with Gasteiger partial charge in [-0.15, -0.1) is 0 Å². The molecule has 5 heteroatoms. The molecule has 0 saturated carbocycles. The maximum absolute atomic E-state index is 12.7. The van der Waals surface area contributed by atoms with E-state index in [9.17, 15) is 4.79 Å². The van der Waals surface area contributed by atoms with E-state index in [4.69, 9.17) is 0 Å². The van der Waals surface area contributed by atoms with Crippen LogP contribution in [0.1, 0.15) is 25.0 Å². The molecule has 0 bridgehead atoms. The van der Waals surface area contributed by atoms with Crippen molar-refractivity contribution >= 4 is 11.7 Å². The van der Waals surface area contributed by atoms with Crippen LogP contribution in [0.4, 0.5) is 5.82 Å². The molecular formula is C20H24N4O. The second kappa shape index (κ2) is 6.82. The van der Waals surface area contributed by atoms with E-state index in [1.165, 1.54) is 12.8 Å². The number of rotatable bonds is 3. The van der Waals surface area contributed by atoms with E-state index in [0.717, 1.165) is 44.1 Å². The van der Waals surface area contributed by atoms with E-state index in [1.807, 2.05) is 41.4 Å². The third-order valence-corrected chi connectivity index (χ3v) is 5.48. The molecule has 1 spiro atoms. The van der Waals surface area contributed by atoms with Crippen LogP contribution < -0.4 is 4.90 Å². The Labute approximate surface area is 148 Å². The van der Waals surface area contributed by atoms with Crippen LogP contribution in [-0.4, -0.2) is 47.0 Å². The Bertz CT molecular complexity index is 721. The fourth-order valence-electron chi connectivity index (χ4n) is 4.19. The Hall–Kier alpha value is -2.43. The van der Waals surface area contributed by atoms with E-state index in [1.54, 1.807) is 6.20 Å². The molecule has 5 nitrogen and oxygen atoms in total. The smallest absolute Gasteiger partial charge is 0.228 e. The largest absolute Gasteiger partial charge is 0.356 e. The van der Waals surface area contributed by atoms with Crippen molar-refractivity contribution in [3.8, 4) is 0 Å². The van der Waals surface area contributed by atoms with Gasteiger partial charge in [-0.1, -0.05) is 12.1 Å². The van der Waals surface area contributed by atoms with Crippen molar-refractivity contribution in [1.82, 2.24) is 14.9 Å². The Kier molecular flexibility index (Phi) is 4.38. The van der Waals surface area contributed by atoms with Crippen LogP contribution in [0.2, 0.25) is 0 Å². The monoisotopic (exact) mass is 336 g/mol. The molecule has 1 unspecified atom stereocenters. The van der Waals surface area contributed by atoms with Gasteiger partial charge in [-0.3, -0.25) is 9.78 Å². The first-order chi connectivity index (χ1) is 12.2. The van der Waals surface area contributed by atoms with Gasteiger partial charge in [0.05, 0.1) is 6.42 Å². The van der Waals surface area contributed by atoms with E-state index in [0.29, 0.717) is 6.42 Å². The van der Waals surface area contributed by atoms with Gasteiger partial charge < -0.3 is 9.80 Å². The Morgan fingerprint density at radius 2 is 1.84 bits per heavy atom. The predicted octanol–water partition coefficient (Wildman–Crippen LogP) is 2.54. The standard InChI is InChI=1S/C20H24N4O/c25-19(14-17-6-1-3-10-21-17)24-13-9-20(16-24)8-5-12-23(15-20)18-7-2-4-11-22-18/h1-4,6-7,10-11H,5,8-9,12-16H2. The molecule has 2 aromatic heterocycles. The van der Waals surface area contributed by atoms with Crippen molar-refractivity contribution in [1.29, 1.82) is 0 Å². The summed E-state index contributed by atoms with van der Waals surface area (Å²) in [5, 5.41) is 0. The molecule has 2 fully saturated rings. The SMILES string of the molecule is O=C(Cc1ccccn1)N1CCC2(CCCN(c3ccccn3)C2)C1. The van der Waals surface area contributed by atoms with Gasteiger partial charge in [0.25, 0.3) is 0 Å². The number of aromatic nitrogens is 2. The highest BCUT2D eigenvalue weighted by Gasteiger charge is 2.42. The molecule has 130 valence electrons. The zero-order valence-electron chi connectivity index (χ0n) is 14.5. The number of hydrogen-bond donors (Lipinski definition) is 0. The lowest BCUT2D eigenvalue weighted by atomic mass is 9.79.